The zero-order chi connectivity index (χ0) is 25.9. The number of ether oxygens (including phenoxy) is 2. The smallest absolute Gasteiger partial charge is 0.296 e. The number of aromatic nitrogens is 3. The summed E-state index contributed by atoms with van der Waals surface area (Å²) in [7, 11) is 0. The minimum atomic E-state index is -0.0411. The van der Waals surface area contributed by atoms with Crippen LogP contribution in [0.25, 0.3) is 33.5 Å². The van der Waals surface area contributed by atoms with Crippen LogP contribution in [0.3, 0.4) is 0 Å². The molecule has 0 spiro atoms. The highest BCUT2D eigenvalue weighted by molar-refractivity contribution is 6.33. The van der Waals surface area contributed by atoms with Gasteiger partial charge in [-0.15, -0.1) is 0 Å². The van der Waals surface area contributed by atoms with E-state index in [2.05, 4.69) is 15.3 Å². The van der Waals surface area contributed by atoms with Gasteiger partial charge in [-0.25, -0.2) is 4.98 Å². The monoisotopic (exact) mass is 530 g/mol. The van der Waals surface area contributed by atoms with Crippen molar-refractivity contribution < 1.29 is 14.3 Å². The van der Waals surface area contributed by atoms with E-state index in [-0.39, 0.29) is 18.1 Å². The number of rotatable bonds is 6. The molecule has 38 heavy (non-hydrogen) atoms. The molecule has 2 aliphatic rings. The highest BCUT2D eigenvalue weighted by Gasteiger charge is 2.19. The summed E-state index contributed by atoms with van der Waals surface area (Å²) in [5.41, 5.74) is 5.69. The molecule has 0 bridgehead atoms. The summed E-state index contributed by atoms with van der Waals surface area (Å²) in [4.78, 5) is 25.1. The van der Waals surface area contributed by atoms with Crippen molar-refractivity contribution >= 4 is 28.7 Å². The lowest BCUT2D eigenvalue weighted by atomic mass is 9.98. The molecule has 2 fully saturated rings. The number of imidazole rings is 1. The summed E-state index contributed by atoms with van der Waals surface area (Å²) in [6, 6.07) is 18.3. The van der Waals surface area contributed by atoms with Gasteiger partial charge in [-0.05, 0) is 67.9 Å². The Morgan fingerprint density at radius 3 is 2.26 bits per heavy atom. The van der Waals surface area contributed by atoms with Gasteiger partial charge < -0.3 is 19.8 Å². The van der Waals surface area contributed by atoms with Gasteiger partial charge in [-0.3, -0.25) is 4.79 Å². The Labute approximate surface area is 226 Å². The van der Waals surface area contributed by atoms with Gasteiger partial charge in [-0.2, -0.15) is 4.98 Å². The second-order valence-corrected chi connectivity index (χ2v) is 10.5. The van der Waals surface area contributed by atoms with Gasteiger partial charge in [0, 0.05) is 30.4 Å². The van der Waals surface area contributed by atoms with E-state index in [4.69, 9.17) is 26.1 Å². The molecule has 0 unspecified atom stereocenters. The Balaban J connectivity index is 1.15. The highest BCUT2D eigenvalue weighted by atomic mass is 35.5. The van der Waals surface area contributed by atoms with Crippen LogP contribution in [0.4, 0.5) is 0 Å². The summed E-state index contributed by atoms with van der Waals surface area (Å²) in [6.45, 7) is 1.40. The third kappa shape index (κ3) is 5.54. The molecule has 196 valence electrons. The van der Waals surface area contributed by atoms with Crippen molar-refractivity contribution in [2.24, 2.45) is 0 Å². The van der Waals surface area contributed by atoms with Crippen LogP contribution < -0.4 is 10.1 Å². The van der Waals surface area contributed by atoms with E-state index in [1.807, 2.05) is 54.6 Å². The molecular formula is C30H31ClN4O3. The van der Waals surface area contributed by atoms with Crippen LogP contribution in [0.1, 0.15) is 55.3 Å². The van der Waals surface area contributed by atoms with Gasteiger partial charge in [0.1, 0.15) is 6.10 Å². The summed E-state index contributed by atoms with van der Waals surface area (Å²) in [6.07, 6.45) is 7.73. The zero-order valence-corrected chi connectivity index (χ0v) is 22.0. The SMILES string of the molecule is O=C(NC1CCOCC1)c1ccc(-c2ccc(-c3nc4nc(OC5CCCCC5)[nH]c4cc3Cl)cc2)cc1. The van der Waals surface area contributed by atoms with Crippen LogP contribution in [-0.4, -0.2) is 46.2 Å². The van der Waals surface area contributed by atoms with Crippen LogP contribution >= 0.6 is 11.6 Å². The first-order valence-electron chi connectivity index (χ1n) is 13.4. The van der Waals surface area contributed by atoms with Crippen LogP contribution in [0, 0.1) is 0 Å². The van der Waals surface area contributed by atoms with E-state index >= 15 is 0 Å². The first kappa shape index (κ1) is 24.9. The Morgan fingerprint density at radius 2 is 1.55 bits per heavy atom. The quantitative estimate of drug-likeness (QED) is 0.294. The molecule has 1 aliphatic carbocycles. The van der Waals surface area contributed by atoms with Gasteiger partial charge in [0.25, 0.3) is 11.9 Å². The van der Waals surface area contributed by atoms with Gasteiger partial charge in [0.15, 0.2) is 5.65 Å². The number of nitrogens with one attached hydrogen (secondary N) is 2. The molecule has 1 amide bonds. The molecule has 0 atom stereocenters. The van der Waals surface area contributed by atoms with Crippen molar-refractivity contribution in [3.63, 3.8) is 0 Å². The molecule has 3 heterocycles. The van der Waals surface area contributed by atoms with Crippen LogP contribution in [0.2, 0.25) is 5.02 Å². The number of benzene rings is 2. The number of nitrogens with zero attached hydrogens (tertiary/aromatic N) is 2. The van der Waals surface area contributed by atoms with Crippen LogP contribution in [-0.2, 0) is 4.74 Å². The van der Waals surface area contributed by atoms with E-state index in [0.717, 1.165) is 47.9 Å². The van der Waals surface area contributed by atoms with Crippen molar-refractivity contribution in [1.29, 1.82) is 0 Å². The second-order valence-electron chi connectivity index (χ2n) is 10.1. The largest absolute Gasteiger partial charge is 0.461 e. The van der Waals surface area contributed by atoms with Crippen molar-refractivity contribution in [2.45, 2.75) is 57.1 Å². The first-order valence-corrected chi connectivity index (χ1v) is 13.8. The van der Waals surface area contributed by atoms with E-state index in [0.29, 0.717) is 41.2 Å². The lowest BCUT2D eigenvalue weighted by Gasteiger charge is -2.23. The standard InChI is InChI=1S/C30H31ClN4O3/c31-25-18-26-28(35-30(33-26)38-24-4-2-1-3-5-24)34-27(25)21-10-6-19(7-11-21)20-8-12-22(13-9-20)29(36)32-23-14-16-37-17-15-23/h6-13,18,23-24H,1-5,14-17H2,(H,32,36)(H,33,34,35). The average molecular weight is 531 g/mol. The third-order valence-corrected chi connectivity index (χ3v) is 7.72. The maximum Gasteiger partial charge on any atom is 0.296 e. The summed E-state index contributed by atoms with van der Waals surface area (Å²) < 4.78 is 11.4. The Hall–Kier alpha value is -3.42. The number of hydrogen-bond acceptors (Lipinski definition) is 5. The van der Waals surface area contributed by atoms with Crippen molar-refractivity contribution in [3.8, 4) is 28.4 Å². The predicted molar refractivity (Wildman–Crippen MR) is 149 cm³/mol. The minimum Gasteiger partial charge on any atom is -0.461 e. The molecule has 1 aliphatic heterocycles. The first-order chi connectivity index (χ1) is 18.6. The number of halogens is 1. The van der Waals surface area contributed by atoms with E-state index in [1.54, 1.807) is 0 Å². The molecule has 1 saturated carbocycles. The number of fused-ring (bicyclic) bond motifs is 1. The summed E-state index contributed by atoms with van der Waals surface area (Å²) >= 11 is 6.62. The molecule has 8 heteroatoms. The lowest BCUT2D eigenvalue weighted by Crippen LogP contribution is -2.38. The molecule has 2 aromatic heterocycles. The fourth-order valence-corrected chi connectivity index (χ4v) is 5.50. The number of hydrogen-bond donors (Lipinski definition) is 2. The minimum absolute atomic E-state index is 0.0411. The maximum absolute atomic E-state index is 12.6. The molecule has 0 radical (unpaired) electrons. The Bertz CT molecular complexity index is 1410. The number of carbonyl (C=O) groups is 1. The number of amides is 1. The van der Waals surface area contributed by atoms with Crippen molar-refractivity contribution in [1.82, 2.24) is 20.3 Å². The fourth-order valence-electron chi connectivity index (χ4n) is 5.24. The second kappa shape index (κ2) is 11.1. The van der Waals surface area contributed by atoms with Crippen LogP contribution in [0.15, 0.2) is 54.6 Å². The number of carbonyl (C=O) groups excluding carboxylic acids is 1. The highest BCUT2D eigenvalue weighted by Crippen LogP contribution is 2.32. The maximum atomic E-state index is 12.6. The van der Waals surface area contributed by atoms with E-state index in [9.17, 15) is 4.79 Å². The van der Waals surface area contributed by atoms with Crippen LogP contribution in [0.5, 0.6) is 6.01 Å². The molecule has 2 N–H and O–H groups in total. The van der Waals surface area contributed by atoms with Gasteiger partial charge in [0.05, 0.1) is 16.2 Å². The fraction of sp³-hybridized carbons (Fsp3) is 0.367. The summed E-state index contributed by atoms with van der Waals surface area (Å²) in [5.74, 6) is -0.0411. The van der Waals surface area contributed by atoms with E-state index < -0.39 is 0 Å². The third-order valence-electron chi connectivity index (χ3n) is 7.43. The van der Waals surface area contributed by atoms with Crippen molar-refractivity contribution in [3.05, 3.63) is 65.2 Å². The lowest BCUT2D eigenvalue weighted by molar-refractivity contribution is 0.0696. The molecule has 2 aromatic carbocycles. The normalized spacial score (nSPS) is 17.0. The Morgan fingerprint density at radius 1 is 0.895 bits per heavy atom. The predicted octanol–water partition coefficient (Wildman–Crippen LogP) is 6.57. The average Bonchev–Trinajstić information content (AvgIpc) is 3.34. The number of H-pyrrole nitrogens is 1. The van der Waals surface area contributed by atoms with Gasteiger partial charge in [0.2, 0.25) is 0 Å². The van der Waals surface area contributed by atoms with Gasteiger partial charge in [-0.1, -0.05) is 54.4 Å². The molecular weight excluding hydrogens is 500 g/mol. The van der Waals surface area contributed by atoms with Gasteiger partial charge >= 0.3 is 0 Å². The summed E-state index contributed by atoms with van der Waals surface area (Å²) in [5, 5.41) is 3.66. The molecule has 4 aromatic rings. The number of pyridine rings is 1. The zero-order valence-electron chi connectivity index (χ0n) is 21.2. The topological polar surface area (TPSA) is 89.1 Å². The Kier molecular flexibility index (Phi) is 7.29. The molecule has 1 saturated heterocycles. The number of aromatic amines is 1. The van der Waals surface area contributed by atoms with Crippen molar-refractivity contribution in [2.75, 3.05) is 13.2 Å². The van der Waals surface area contributed by atoms with E-state index in [1.165, 1.54) is 19.3 Å². The molecule has 6 rings (SSSR count). The molecule has 7 nitrogen and oxygen atoms in total.